The molecular formula is C20H18ClFN2O. The van der Waals surface area contributed by atoms with Gasteiger partial charge in [-0.1, -0.05) is 54.1 Å². The van der Waals surface area contributed by atoms with Crippen LogP contribution >= 0.6 is 11.6 Å². The second-order valence-electron chi connectivity index (χ2n) is 5.48. The van der Waals surface area contributed by atoms with E-state index in [0.717, 1.165) is 16.8 Å². The SMILES string of the molecule is Fc1ccc(CNNc2ccccc2)c(OCc2ccccc2Cl)c1. The zero-order chi connectivity index (χ0) is 17.5. The Labute approximate surface area is 151 Å². The number of para-hydroxylation sites is 1. The van der Waals surface area contributed by atoms with Gasteiger partial charge >= 0.3 is 0 Å². The van der Waals surface area contributed by atoms with Gasteiger partial charge in [-0.2, -0.15) is 0 Å². The lowest BCUT2D eigenvalue weighted by atomic mass is 10.2. The molecule has 3 aromatic carbocycles. The summed E-state index contributed by atoms with van der Waals surface area (Å²) in [6.07, 6.45) is 0. The van der Waals surface area contributed by atoms with Crippen LogP contribution < -0.4 is 15.6 Å². The molecule has 0 saturated carbocycles. The molecule has 3 rings (SSSR count). The third-order valence-corrected chi connectivity index (χ3v) is 4.02. The summed E-state index contributed by atoms with van der Waals surface area (Å²) in [4.78, 5) is 0. The van der Waals surface area contributed by atoms with Crippen LogP contribution in [0.25, 0.3) is 0 Å². The average molecular weight is 357 g/mol. The fourth-order valence-corrected chi connectivity index (χ4v) is 2.53. The summed E-state index contributed by atoms with van der Waals surface area (Å²) in [5, 5.41) is 0.629. The first-order chi connectivity index (χ1) is 12.2. The Balaban J connectivity index is 1.64. The highest BCUT2D eigenvalue weighted by molar-refractivity contribution is 6.31. The minimum atomic E-state index is -0.339. The van der Waals surface area contributed by atoms with Crippen molar-refractivity contribution in [1.29, 1.82) is 0 Å². The molecule has 0 heterocycles. The van der Waals surface area contributed by atoms with Gasteiger partial charge in [0.1, 0.15) is 18.2 Å². The minimum absolute atomic E-state index is 0.280. The molecule has 0 atom stereocenters. The molecule has 0 aliphatic rings. The van der Waals surface area contributed by atoms with Crippen LogP contribution in [0.1, 0.15) is 11.1 Å². The number of hydrogen-bond acceptors (Lipinski definition) is 3. The largest absolute Gasteiger partial charge is 0.488 e. The molecule has 25 heavy (non-hydrogen) atoms. The van der Waals surface area contributed by atoms with E-state index >= 15 is 0 Å². The first kappa shape index (κ1) is 17.3. The van der Waals surface area contributed by atoms with E-state index in [9.17, 15) is 4.39 Å². The Morgan fingerprint density at radius 2 is 1.64 bits per heavy atom. The van der Waals surface area contributed by atoms with E-state index in [-0.39, 0.29) is 12.4 Å². The van der Waals surface area contributed by atoms with Gasteiger partial charge in [-0.15, -0.1) is 0 Å². The fraction of sp³-hybridized carbons (Fsp3) is 0.100. The summed E-state index contributed by atoms with van der Waals surface area (Å²) in [6.45, 7) is 0.759. The number of benzene rings is 3. The van der Waals surface area contributed by atoms with E-state index in [4.69, 9.17) is 16.3 Å². The molecule has 0 bridgehead atoms. The van der Waals surface area contributed by atoms with Crippen molar-refractivity contribution in [2.24, 2.45) is 0 Å². The summed E-state index contributed by atoms with van der Waals surface area (Å²) < 4.78 is 19.4. The standard InChI is InChI=1S/C20H18ClFN2O/c21-19-9-5-4-6-16(19)14-25-20-12-17(22)11-10-15(20)13-23-24-18-7-2-1-3-8-18/h1-12,23-24H,13-14H2. The van der Waals surface area contributed by atoms with Crippen LogP contribution in [0.3, 0.4) is 0 Å². The van der Waals surface area contributed by atoms with E-state index in [1.165, 1.54) is 12.1 Å². The van der Waals surface area contributed by atoms with Gasteiger partial charge in [-0.05, 0) is 24.3 Å². The summed E-state index contributed by atoms with van der Waals surface area (Å²) in [6, 6.07) is 21.7. The van der Waals surface area contributed by atoms with E-state index in [0.29, 0.717) is 17.3 Å². The molecule has 0 fully saturated rings. The van der Waals surface area contributed by atoms with Gasteiger partial charge in [0, 0.05) is 34.4 Å². The molecule has 5 heteroatoms. The van der Waals surface area contributed by atoms with Gasteiger partial charge in [0.25, 0.3) is 0 Å². The van der Waals surface area contributed by atoms with Gasteiger partial charge in [0.15, 0.2) is 0 Å². The maximum atomic E-state index is 13.6. The molecule has 3 nitrogen and oxygen atoms in total. The summed E-state index contributed by atoms with van der Waals surface area (Å²) in [5.74, 6) is 0.149. The van der Waals surface area contributed by atoms with Gasteiger partial charge < -0.3 is 10.2 Å². The third-order valence-electron chi connectivity index (χ3n) is 3.66. The smallest absolute Gasteiger partial charge is 0.127 e. The monoisotopic (exact) mass is 356 g/mol. The second kappa shape index (κ2) is 8.51. The van der Waals surface area contributed by atoms with Crippen LogP contribution in [-0.4, -0.2) is 0 Å². The molecule has 2 N–H and O–H groups in total. The lowest BCUT2D eigenvalue weighted by molar-refractivity contribution is 0.301. The predicted octanol–water partition coefficient (Wildman–Crippen LogP) is 5.17. The van der Waals surface area contributed by atoms with Crippen LogP contribution in [0.2, 0.25) is 5.02 Å². The van der Waals surface area contributed by atoms with Gasteiger partial charge in [-0.25, -0.2) is 9.82 Å². The highest BCUT2D eigenvalue weighted by Crippen LogP contribution is 2.23. The fourth-order valence-electron chi connectivity index (χ4n) is 2.34. The minimum Gasteiger partial charge on any atom is -0.488 e. The van der Waals surface area contributed by atoms with Crippen molar-refractivity contribution < 1.29 is 9.13 Å². The normalized spacial score (nSPS) is 10.5. The molecule has 0 aliphatic heterocycles. The number of nitrogens with one attached hydrogen (secondary N) is 2. The number of halogens is 2. The van der Waals surface area contributed by atoms with E-state index < -0.39 is 0 Å². The van der Waals surface area contributed by atoms with Crippen LogP contribution in [0, 0.1) is 5.82 Å². The van der Waals surface area contributed by atoms with Gasteiger partial charge in [0.05, 0.1) is 0 Å². The van der Waals surface area contributed by atoms with E-state index in [1.807, 2.05) is 48.5 Å². The third kappa shape index (κ3) is 4.95. The molecule has 0 radical (unpaired) electrons. The highest BCUT2D eigenvalue weighted by atomic mass is 35.5. The van der Waals surface area contributed by atoms with E-state index in [2.05, 4.69) is 10.9 Å². The molecular weight excluding hydrogens is 339 g/mol. The predicted molar refractivity (Wildman–Crippen MR) is 99.1 cm³/mol. The Kier molecular flexibility index (Phi) is 5.88. The molecule has 128 valence electrons. The lowest BCUT2D eigenvalue weighted by Gasteiger charge is -2.14. The number of anilines is 1. The highest BCUT2D eigenvalue weighted by Gasteiger charge is 2.07. The Morgan fingerprint density at radius 3 is 2.44 bits per heavy atom. The topological polar surface area (TPSA) is 33.3 Å². The number of ether oxygens (including phenoxy) is 1. The van der Waals surface area contributed by atoms with Crippen molar-refractivity contribution in [3.05, 3.63) is 94.8 Å². The second-order valence-corrected chi connectivity index (χ2v) is 5.88. The maximum Gasteiger partial charge on any atom is 0.127 e. The molecule has 0 amide bonds. The maximum absolute atomic E-state index is 13.6. The summed E-state index contributed by atoms with van der Waals surface area (Å²) >= 11 is 6.14. The van der Waals surface area contributed by atoms with Crippen molar-refractivity contribution in [2.75, 3.05) is 5.43 Å². The molecule has 0 aliphatic carbocycles. The molecule has 0 spiro atoms. The van der Waals surface area contributed by atoms with Crippen molar-refractivity contribution in [2.45, 2.75) is 13.2 Å². The van der Waals surface area contributed by atoms with Crippen LogP contribution in [-0.2, 0) is 13.2 Å². The molecule has 0 aromatic heterocycles. The number of hydrogen-bond donors (Lipinski definition) is 2. The van der Waals surface area contributed by atoms with Crippen LogP contribution in [0.4, 0.5) is 10.1 Å². The zero-order valence-corrected chi connectivity index (χ0v) is 14.3. The summed E-state index contributed by atoms with van der Waals surface area (Å²) in [7, 11) is 0. The van der Waals surface area contributed by atoms with Crippen molar-refractivity contribution in [3.8, 4) is 5.75 Å². The Hall–Kier alpha value is -2.56. The lowest BCUT2D eigenvalue weighted by Crippen LogP contribution is -2.21. The number of rotatable bonds is 7. The summed E-state index contributed by atoms with van der Waals surface area (Å²) in [5.41, 5.74) is 8.85. The first-order valence-electron chi connectivity index (χ1n) is 7.91. The van der Waals surface area contributed by atoms with Crippen molar-refractivity contribution >= 4 is 17.3 Å². The molecule has 0 unspecified atom stereocenters. The number of hydrazine groups is 1. The quantitative estimate of drug-likeness (QED) is 0.572. The van der Waals surface area contributed by atoms with E-state index in [1.54, 1.807) is 12.1 Å². The zero-order valence-electron chi connectivity index (χ0n) is 13.5. The Bertz CT molecular complexity index is 827. The molecule has 0 saturated heterocycles. The van der Waals surface area contributed by atoms with Gasteiger partial charge in [-0.3, -0.25) is 0 Å². The van der Waals surface area contributed by atoms with Crippen molar-refractivity contribution in [3.63, 3.8) is 0 Å². The van der Waals surface area contributed by atoms with Crippen molar-refractivity contribution in [1.82, 2.24) is 5.43 Å². The Morgan fingerprint density at radius 1 is 0.880 bits per heavy atom. The average Bonchev–Trinajstić information content (AvgIpc) is 2.63. The first-order valence-corrected chi connectivity index (χ1v) is 8.29. The van der Waals surface area contributed by atoms with Gasteiger partial charge in [0.2, 0.25) is 0 Å². The van der Waals surface area contributed by atoms with Crippen LogP contribution in [0.15, 0.2) is 72.8 Å². The van der Waals surface area contributed by atoms with Crippen LogP contribution in [0.5, 0.6) is 5.75 Å². The molecule has 3 aromatic rings.